The van der Waals surface area contributed by atoms with Crippen molar-refractivity contribution in [1.29, 1.82) is 0 Å². The van der Waals surface area contributed by atoms with E-state index in [-0.39, 0.29) is 23.4 Å². The lowest BCUT2D eigenvalue weighted by atomic mass is 9.73. The van der Waals surface area contributed by atoms with Crippen LogP contribution in [0.5, 0.6) is 0 Å². The van der Waals surface area contributed by atoms with Crippen molar-refractivity contribution in [1.82, 2.24) is 10.2 Å². The molecule has 1 aliphatic heterocycles. The molecule has 2 saturated carbocycles. The van der Waals surface area contributed by atoms with Gasteiger partial charge in [0.2, 0.25) is 5.91 Å². The Bertz CT molecular complexity index is 792. The molecular formula is C28H41FN2O3. The number of nitrogens with one attached hydrogen (secondary N) is 1. The molecule has 5 nitrogen and oxygen atoms in total. The van der Waals surface area contributed by atoms with E-state index in [2.05, 4.69) is 10.2 Å². The first-order chi connectivity index (χ1) is 16.5. The zero-order valence-electron chi connectivity index (χ0n) is 20.6. The summed E-state index contributed by atoms with van der Waals surface area (Å²) in [5.41, 5.74) is 0.631. The summed E-state index contributed by atoms with van der Waals surface area (Å²) in [6.45, 7) is 3.86. The van der Waals surface area contributed by atoms with Crippen LogP contribution in [0.25, 0.3) is 0 Å². The van der Waals surface area contributed by atoms with E-state index in [0.29, 0.717) is 29.9 Å². The Labute approximate surface area is 203 Å². The van der Waals surface area contributed by atoms with Crippen molar-refractivity contribution in [3.8, 4) is 0 Å². The number of carbonyl (C=O) groups excluding carboxylic acids is 2. The fourth-order valence-corrected chi connectivity index (χ4v) is 6.19. The second-order valence-corrected chi connectivity index (χ2v) is 10.9. The van der Waals surface area contributed by atoms with Crippen molar-refractivity contribution in [2.75, 3.05) is 33.4 Å². The number of ketones is 1. The van der Waals surface area contributed by atoms with Gasteiger partial charge in [-0.1, -0.05) is 0 Å². The molecule has 34 heavy (non-hydrogen) atoms. The molecule has 1 aromatic carbocycles. The number of methoxy groups -OCH3 is 1. The van der Waals surface area contributed by atoms with Crippen LogP contribution in [0, 0.1) is 29.5 Å². The van der Waals surface area contributed by atoms with Crippen molar-refractivity contribution in [2.45, 2.75) is 70.3 Å². The highest BCUT2D eigenvalue weighted by atomic mass is 19.1. The molecule has 2 aliphatic carbocycles. The van der Waals surface area contributed by atoms with Crippen molar-refractivity contribution in [3.05, 3.63) is 35.6 Å². The van der Waals surface area contributed by atoms with Gasteiger partial charge in [0, 0.05) is 37.7 Å². The SMILES string of the molecule is COC[C@H]1C[C@H](CC(=O)N[C@H]2CC[C@H](CCN3CCC(C(=O)c4ccc(F)cc4)CC3)CC2)C1. The molecule has 0 aromatic heterocycles. The molecule has 1 saturated heterocycles. The quantitative estimate of drug-likeness (QED) is 0.495. The fourth-order valence-electron chi connectivity index (χ4n) is 6.19. The molecule has 0 bridgehead atoms. The number of halogens is 1. The number of amides is 1. The Balaban J connectivity index is 1.07. The third-order valence-electron chi connectivity index (χ3n) is 8.36. The van der Waals surface area contributed by atoms with E-state index in [1.54, 1.807) is 19.2 Å². The van der Waals surface area contributed by atoms with Gasteiger partial charge in [0.05, 0.1) is 0 Å². The standard InChI is InChI=1S/C28H41FN2O3/c1-34-19-22-16-21(17-22)18-27(32)30-26-8-2-20(3-9-26)10-13-31-14-11-24(12-15-31)28(33)23-4-6-25(29)7-5-23/h4-7,20-22,24,26H,2-3,8-19H2,1H3,(H,30,32)/t20-,21-,22-,26-. The second kappa shape index (κ2) is 12.3. The first-order valence-corrected chi connectivity index (χ1v) is 13.3. The third kappa shape index (κ3) is 7.11. The minimum atomic E-state index is -0.298. The lowest BCUT2D eigenvalue weighted by molar-refractivity contribution is -0.124. The number of nitrogens with zero attached hydrogens (tertiary/aromatic N) is 1. The third-order valence-corrected chi connectivity index (χ3v) is 8.36. The van der Waals surface area contributed by atoms with Crippen LogP contribution in [0.1, 0.15) is 74.6 Å². The number of hydrogen-bond donors (Lipinski definition) is 1. The van der Waals surface area contributed by atoms with Crippen LogP contribution in [0.15, 0.2) is 24.3 Å². The normalized spacial score (nSPS) is 28.3. The number of carbonyl (C=O) groups is 2. The van der Waals surface area contributed by atoms with Crippen LogP contribution < -0.4 is 5.32 Å². The lowest BCUT2D eigenvalue weighted by Gasteiger charge is -2.36. The van der Waals surface area contributed by atoms with Crippen molar-refractivity contribution >= 4 is 11.7 Å². The molecule has 3 fully saturated rings. The predicted molar refractivity (Wildman–Crippen MR) is 131 cm³/mol. The molecular weight excluding hydrogens is 431 g/mol. The minimum Gasteiger partial charge on any atom is -0.384 e. The summed E-state index contributed by atoms with van der Waals surface area (Å²) >= 11 is 0. The number of Topliss-reactive ketones (excluding diaryl/α,β-unsaturated/α-hetero) is 1. The summed E-state index contributed by atoms with van der Waals surface area (Å²) < 4.78 is 18.3. The number of rotatable bonds is 10. The van der Waals surface area contributed by atoms with Crippen LogP contribution in [-0.4, -0.2) is 56.0 Å². The van der Waals surface area contributed by atoms with Crippen LogP contribution in [-0.2, 0) is 9.53 Å². The maximum Gasteiger partial charge on any atom is 0.220 e. The van der Waals surface area contributed by atoms with Crippen molar-refractivity contribution in [2.24, 2.45) is 23.7 Å². The molecule has 1 N–H and O–H groups in total. The van der Waals surface area contributed by atoms with E-state index < -0.39 is 0 Å². The molecule has 0 radical (unpaired) electrons. The minimum absolute atomic E-state index is 0.0616. The average molecular weight is 473 g/mol. The lowest BCUT2D eigenvalue weighted by Crippen LogP contribution is -2.41. The summed E-state index contributed by atoms with van der Waals surface area (Å²) in [6, 6.07) is 6.31. The number of benzene rings is 1. The molecule has 0 spiro atoms. The van der Waals surface area contributed by atoms with Gasteiger partial charge < -0.3 is 15.0 Å². The van der Waals surface area contributed by atoms with E-state index in [1.807, 2.05) is 0 Å². The fraction of sp³-hybridized carbons (Fsp3) is 0.714. The highest BCUT2D eigenvalue weighted by Crippen LogP contribution is 2.36. The Morgan fingerprint density at radius 3 is 2.29 bits per heavy atom. The average Bonchev–Trinajstić information content (AvgIpc) is 2.83. The highest BCUT2D eigenvalue weighted by molar-refractivity contribution is 5.97. The second-order valence-electron chi connectivity index (χ2n) is 10.9. The van der Waals surface area contributed by atoms with Gasteiger partial charge in [-0.15, -0.1) is 0 Å². The van der Waals surface area contributed by atoms with E-state index in [4.69, 9.17) is 4.74 Å². The largest absolute Gasteiger partial charge is 0.384 e. The summed E-state index contributed by atoms with van der Waals surface area (Å²) in [7, 11) is 1.75. The first-order valence-electron chi connectivity index (χ1n) is 13.3. The first kappa shape index (κ1) is 25.3. The van der Waals surface area contributed by atoms with E-state index in [1.165, 1.54) is 31.4 Å². The van der Waals surface area contributed by atoms with Gasteiger partial charge in [0.1, 0.15) is 5.82 Å². The smallest absolute Gasteiger partial charge is 0.220 e. The summed E-state index contributed by atoms with van der Waals surface area (Å²) in [4.78, 5) is 27.6. The molecule has 1 aromatic rings. The summed E-state index contributed by atoms with van der Waals surface area (Å²) in [5, 5.41) is 3.29. The number of ether oxygens (including phenoxy) is 1. The van der Waals surface area contributed by atoms with Crippen LogP contribution >= 0.6 is 0 Å². The number of hydrogen-bond acceptors (Lipinski definition) is 4. The molecule has 0 atom stereocenters. The Hall–Kier alpha value is -1.79. The van der Waals surface area contributed by atoms with Gasteiger partial charge in [-0.25, -0.2) is 4.39 Å². The summed E-state index contributed by atoms with van der Waals surface area (Å²) in [6.07, 6.45) is 10.5. The Morgan fingerprint density at radius 2 is 1.65 bits per heavy atom. The van der Waals surface area contributed by atoms with Gasteiger partial charge in [0.15, 0.2) is 5.78 Å². The topological polar surface area (TPSA) is 58.6 Å². The highest BCUT2D eigenvalue weighted by Gasteiger charge is 2.32. The van der Waals surface area contributed by atoms with E-state index in [9.17, 15) is 14.0 Å². The molecule has 3 aliphatic rings. The van der Waals surface area contributed by atoms with E-state index in [0.717, 1.165) is 70.7 Å². The predicted octanol–water partition coefficient (Wildman–Crippen LogP) is 4.85. The van der Waals surface area contributed by atoms with Crippen molar-refractivity contribution < 1.29 is 18.7 Å². The molecule has 6 heteroatoms. The maximum absolute atomic E-state index is 13.1. The van der Waals surface area contributed by atoms with Crippen molar-refractivity contribution in [3.63, 3.8) is 0 Å². The van der Waals surface area contributed by atoms with Gasteiger partial charge in [-0.3, -0.25) is 9.59 Å². The molecule has 1 amide bonds. The summed E-state index contributed by atoms with van der Waals surface area (Å²) in [5.74, 6) is 2.10. The van der Waals surface area contributed by atoms with E-state index >= 15 is 0 Å². The zero-order valence-corrected chi connectivity index (χ0v) is 20.6. The van der Waals surface area contributed by atoms with Crippen LogP contribution in [0.2, 0.25) is 0 Å². The van der Waals surface area contributed by atoms with Gasteiger partial charge >= 0.3 is 0 Å². The Morgan fingerprint density at radius 1 is 0.971 bits per heavy atom. The Kier molecular flexibility index (Phi) is 9.12. The molecule has 1 heterocycles. The van der Waals surface area contributed by atoms with Crippen LogP contribution in [0.4, 0.5) is 4.39 Å². The maximum atomic E-state index is 13.1. The molecule has 4 rings (SSSR count). The van der Waals surface area contributed by atoms with Gasteiger partial charge in [-0.2, -0.15) is 0 Å². The van der Waals surface area contributed by atoms with Gasteiger partial charge in [-0.05, 0) is 119 Å². The molecule has 188 valence electrons. The number of likely N-dealkylation sites (tertiary alicyclic amines) is 1. The number of piperidine rings is 1. The zero-order chi connectivity index (χ0) is 23.9. The molecule has 0 unspecified atom stereocenters. The monoisotopic (exact) mass is 472 g/mol. The van der Waals surface area contributed by atoms with Crippen LogP contribution in [0.3, 0.4) is 0 Å². The van der Waals surface area contributed by atoms with Gasteiger partial charge in [0.25, 0.3) is 0 Å².